The van der Waals surface area contributed by atoms with Gasteiger partial charge in [0.15, 0.2) is 5.16 Å². The van der Waals surface area contributed by atoms with Crippen LogP contribution in [-0.4, -0.2) is 20.9 Å². The Balaban J connectivity index is 1.50. The Morgan fingerprint density at radius 2 is 1.70 bits per heavy atom. The molecule has 1 aliphatic rings. The topological polar surface area (TPSA) is 44.1 Å². The number of thioether (sulfide) groups is 1. The van der Waals surface area contributed by atoms with Crippen LogP contribution in [0.5, 0.6) is 0 Å². The summed E-state index contributed by atoms with van der Waals surface area (Å²) in [4.78, 5) is 20.8. The van der Waals surface area contributed by atoms with Crippen molar-refractivity contribution >= 4 is 33.3 Å². The highest BCUT2D eigenvalue weighted by Crippen LogP contribution is 2.37. The van der Waals surface area contributed by atoms with Gasteiger partial charge in [-0.05, 0) is 43.4 Å². The predicted molar refractivity (Wildman–Crippen MR) is 137 cm³/mol. The van der Waals surface area contributed by atoms with Gasteiger partial charge in [-0.25, -0.2) is 4.98 Å². The molecule has 0 aliphatic carbocycles. The normalized spacial score (nSPS) is 15.0. The molecule has 0 unspecified atom stereocenters. The molecule has 0 saturated carbocycles. The summed E-state index contributed by atoms with van der Waals surface area (Å²) in [5.74, 6) is 0.883. The van der Waals surface area contributed by atoms with Gasteiger partial charge in [0.05, 0.1) is 17.6 Å². The first-order valence-corrected chi connectivity index (χ1v) is 13.2. The van der Waals surface area contributed by atoms with Crippen LogP contribution in [-0.2, 0) is 37.2 Å². The average molecular weight is 477 g/mol. The summed E-state index contributed by atoms with van der Waals surface area (Å²) >= 11 is 3.30. The summed E-state index contributed by atoms with van der Waals surface area (Å²) in [5.41, 5.74) is 3.50. The lowest BCUT2D eigenvalue weighted by molar-refractivity contribution is -0.0379. The van der Waals surface area contributed by atoms with Crippen LogP contribution in [0.25, 0.3) is 10.2 Å². The fraction of sp³-hybridized carbons (Fsp3) is 0.333. The molecule has 1 aliphatic heterocycles. The first-order chi connectivity index (χ1) is 16.0. The molecule has 5 rings (SSSR count). The van der Waals surface area contributed by atoms with Crippen molar-refractivity contribution in [2.24, 2.45) is 0 Å². The van der Waals surface area contributed by atoms with Crippen molar-refractivity contribution in [3.05, 3.63) is 92.6 Å². The van der Waals surface area contributed by atoms with Crippen LogP contribution in [0.2, 0.25) is 0 Å². The van der Waals surface area contributed by atoms with Gasteiger partial charge >= 0.3 is 0 Å². The second-order valence-electron chi connectivity index (χ2n) is 9.08. The summed E-state index contributed by atoms with van der Waals surface area (Å²) in [7, 11) is 0. The Hall–Kier alpha value is -2.41. The smallest absolute Gasteiger partial charge is 0.263 e. The van der Waals surface area contributed by atoms with E-state index < -0.39 is 0 Å². The lowest BCUT2D eigenvalue weighted by atomic mass is 9.94. The third-order valence-corrected chi connectivity index (χ3v) is 8.16. The molecule has 4 nitrogen and oxygen atoms in total. The Morgan fingerprint density at radius 3 is 2.39 bits per heavy atom. The monoisotopic (exact) mass is 476 g/mol. The molecular weight excluding hydrogens is 448 g/mol. The lowest BCUT2D eigenvalue weighted by Gasteiger charge is -2.29. The van der Waals surface area contributed by atoms with Crippen LogP contribution < -0.4 is 5.56 Å². The Kier molecular flexibility index (Phi) is 6.41. The minimum Gasteiger partial charge on any atom is -0.370 e. The Morgan fingerprint density at radius 1 is 1.03 bits per heavy atom. The minimum absolute atomic E-state index is 0.0911. The van der Waals surface area contributed by atoms with Crippen LogP contribution >= 0.6 is 23.1 Å². The van der Waals surface area contributed by atoms with Gasteiger partial charge in [-0.2, -0.15) is 0 Å². The zero-order valence-corrected chi connectivity index (χ0v) is 20.7. The molecule has 0 radical (unpaired) electrons. The Labute approximate surface area is 202 Å². The van der Waals surface area contributed by atoms with Crippen molar-refractivity contribution in [1.29, 1.82) is 0 Å². The third-order valence-electron chi connectivity index (χ3n) is 6.09. The van der Waals surface area contributed by atoms with Gasteiger partial charge in [0, 0.05) is 23.6 Å². The third kappa shape index (κ3) is 4.93. The van der Waals surface area contributed by atoms with Gasteiger partial charge in [0.1, 0.15) is 4.83 Å². The van der Waals surface area contributed by atoms with Gasteiger partial charge in [0.2, 0.25) is 0 Å². The van der Waals surface area contributed by atoms with E-state index in [0.29, 0.717) is 13.2 Å². The maximum Gasteiger partial charge on any atom is 0.263 e. The highest BCUT2D eigenvalue weighted by molar-refractivity contribution is 7.99. The van der Waals surface area contributed by atoms with E-state index in [4.69, 9.17) is 9.72 Å². The largest absolute Gasteiger partial charge is 0.370 e. The summed E-state index contributed by atoms with van der Waals surface area (Å²) in [6.07, 6.45) is 2.50. The fourth-order valence-corrected chi connectivity index (χ4v) is 6.46. The molecule has 2 aromatic heterocycles. The summed E-state index contributed by atoms with van der Waals surface area (Å²) in [5, 5.41) is 1.62. The van der Waals surface area contributed by atoms with Crippen LogP contribution in [0.3, 0.4) is 0 Å². The first kappa shape index (κ1) is 22.4. The number of benzene rings is 2. The van der Waals surface area contributed by atoms with Gasteiger partial charge in [-0.15, -0.1) is 11.3 Å². The molecule has 0 bridgehead atoms. The second-order valence-corrected chi connectivity index (χ2v) is 11.2. The van der Waals surface area contributed by atoms with Crippen molar-refractivity contribution in [2.75, 3.05) is 5.75 Å². The maximum absolute atomic E-state index is 13.8. The second kappa shape index (κ2) is 9.45. The molecule has 0 atom stereocenters. The van der Waals surface area contributed by atoms with Crippen molar-refractivity contribution in [3.8, 4) is 0 Å². The highest BCUT2D eigenvalue weighted by Gasteiger charge is 2.31. The van der Waals surface area contributed by atoms with Gasteiger partial charge in [-0.1, -0.05) is 72.4 Å². The predicted octanol–water partition coefficient (Wildman–Crippen LogP) is 5.89. The van der Waals surface area contributed by atoms with Crippen molar-refractivity contribution in [2.45, 2.75) is 57.0 Å². The van der Waals surface area contributed by atoms with Crippen molar-refractivity contribution in [1.82, 2.24) is 9.55 Å². The molecule has 4 aromatic rings. The number of fused-ring (bicyclic) bond motifs is 3. The van der Waals surface area contributed by atoms with Gasteiger partial charge < -0.3 is 4.74 Å². The first-order valence-electron chi connectivity index (χ1n) is 11.4. The van der Waals surface area contributed by atoms with E-state index in [1.165, 1.54) is 11.1 Å². The average Bonchev–Trinajstić information content (AvgIpc) is 3.16. The van der Waals surface area contributed by atoms with Crippen LogP contribution in [0.15, 0.2) is 70.6 Å². The lowest BCUT2D eigenvalue weighted by Crippen LogP contribution is -2.32. The van der Waals surface area contributed by atoms with E-state index in [-0.39, 0.29) is 11.2 Å². The van der Waals surface area contributed by atoms with Crippen LogP contribution in [0.1, 0.15) is 35.4 Å². The summed E-state index contributed by atoms with van der Waals surface area (Å²) in [6, 6.07) is 20.8. The van der Waals surface area contributed by atoms with E-state index in [2.05, 4.69) is 50.2 Å². The zero-order chi connectivity index (χ0) is 22.8. The van der Waals surface area contributed by atoms with E-state index in [1.54, 1.807) is 23.1 Å². The number of thiophene rings is 1. The molecule has 6 heteroatoms. The van der Waals surface area contributed by atoms with E-state index in [0.717, 1.165) is 50.8 Å². The molecular formula is C27H28N2O2S2. The highest BCUT2D eigenvalue weighted by atomic mass is 32.2. The van der Waals surface area contributed by atoms with Gasteiger partial charge in [-0.3, -0.25) is 9.36 Å². The molecule has 0 N–H and O–H groups in total. The van der Waals surface area contributed by atoms with Gasteiger partial charge in [0.25, 0.3) is 5.56 Å². The summed E-state index contributed by atoms with van der Waals surface area (Å²) in [6.45, 7) is 5.37. The van der Waals surface area contributed by atoms with Crippen LogP contribution in [0, 0.1) is 0 Å². The summed E-state index contributed by atoms with van der Waals surface area (Å²) < 4.78 is 7.91. The van der Waals surface area contributed by atoms with E-state index in [1.807, 2.05) is 28.8 Å². The number of hydrogen-bond acceptors (Lipinski definition) is 5. The number of aromatic nitrogens is 2. The number of nitrogens with zero attached hydrogens (tertiary/aromatic N) is 2. The Bertz CT molecular complexity index is 1310. The molecule has 33 heavy (non-hydrogen) atoms. The molecule has 0 amide bonds. The van der Waals surface area contributed by atoms with E-state index >= 15 is 0 Å². The number of aryl methyl sites for hydroxylation is 2. The van der Waals surface area contributed by atoms with E-state index in [9.17, 15) is 4.79 Å². The molecule has 0 saturated heterocycles. The number of rotatable bonds is 7. The van der Waals surface area contributed by atoms with Crippen molar-refractivity contribution < 1.29 is 4.74 Å². The fourth-order valence-electron chi connectivity index (χ4n) is 4.31. The maximum atomic E-state index is 13.8. The standard InChI is InChI=1S/C27H28N2O2S2/c1-27(2)17-21-22(18-31-27)33-24-23(21)25(30)29(15-13-19-9-5-3-6-10-19)26(28-24)32-16-14-20-11-7-4-8-12-20/h3-12H,13-18H2,1-2H3. The molecule has 3 heterocycles. The molecule has 2 aromatic carbocycles. The van der Waals surface area contributed by atoms with Crippen LogP contribution in [0.4, 0.5) is 0 Å². The molecule has 0 spiro atoms. The quantitative estimate of drug-likeness (QED) is 0.247. The molecule has 0 fully saturated rings. The number of ether oxygens (including phenoxy) is 1. The molecule has 170 valence electrons. The minimum atomic E-state index is -0.259. The number of hydrogen-bond donors (Lipinski definition) is 0. The SMILES string of the molecule is CC1(C)Cc2c(sc3nc(SCCc4ccccc4)n(CCc4ccccc4)c(=O)c23)CO1. The van der Waals surface area contributed by atoms with Crippen molar-refractivity contribution in [3.63, 3.8) is 0 Å². The zero-order valence-electron chi connectivity index (χ0n) is 19.0.